The van der Waals surface area contributed by atoms with E-state index in [0.29, 0.717) is 34.8 Å². The van der Waals surface area contributed by atoms with E-state index >= 15 is 0 Å². The van der Waals surface area contributed by atoms with Crippen molar-refractivity contribution >= 4 is 34.2 Å². The number of benzene rings is 3. The van der Waals surface area contributed by atoms with Gasteiger partial charge in [0.25, 0.3) is 5.91 Å². The number of rotatable bonds is 10. The summed E-state index contributed by atoms with van der Waals surface area (Å²) in [6.07, 6.45) is 4.80. The van der Waals surface area contributed by atoms with Gasteiger partial charge >= 0.3 is 0 Å². The van der Waals surface area contributed by atoms with E-state index < -0.39 is 0 Å². The zero-order valence-corrected chi connectivity index (χ0v) is 20.1. The van der Waals surface area contributed by atoms with Crippen LogP contribution in [-0.4, -0.2) is 23.2 Å². The fourth-order valence-corrected chi connectivity index (χ4v) is 4.39. The van der Waals surface area contributed by atoms with Crippen molar-refractivity contribution < 1.29 is 9.59 Å². The van der Waals surface area contributed by atoms with E-state index in [4.69, 9.17) is 11.6 Å². The molecule has 0 atom stereocenters. The Morgan fingerprint density at radius 2 is 1.62 bits per heavy atom. The van der Waals surface area contributed by atoms with Crippen LogP contribution in [0.1, 0.15) is 63.7 Å². The van der Waals surface area contributed by atoms with Gasteiger partial charge in [0.05, 0.1) is 0 Å². The molecule has 174 valence electrons. The summed E-state index contributed by atoms with van der Waals surface area (Å²) in [5.74, 6) is -0.0929. The molecule has 0 saturated heterocycles. The van der Waals surface area contributed by atoms with Crippen LogP contribution in [0, 0.1) is 0 Å². The molecule has 4 rings (SSSR count). The number of aromatic nitrogens is 1. The Hall–Kier alpha value is -3.37. The molecule has 34 heavy (non-hydrogen) atoms. The Morgan fingerprint density at radius 1 is 0.882 bits per heavy atom. The van der Waals surface area contributed by atoms with Crippen molar-refractivity contribution in [3.05, 3.63) is 106 Å². The fourth-order valence-electron chi connectivity index (χ4n) is 4.21. The molecule has 0 fully saturated rings. The highest BCUT2D eigenvalue weighted by molar-refractivity contribution is 6.31. The van der Waals surface area contributed by atoms with E-state index in [1.165, 1.54) is 0 Å². The van der Waals surface area contributed by atoms with Crippen molar-refractivity contribution in [2.45, 2.75) is 39.0 Å². The second-order valence-corrected chi connectivity index (χ2v) is 8.96. The summed E-state index contributed by atoms with van der Waals surface area (Å²) in [4.78, 5) is 28.9. The monoisotopic (exact) mass is 472 g/mol. The van der Waals surface area contributed by atoms with Crippen molar-refractivity contribution in [3.63, 3.8) is 0 Å². The van der Waals surface area contributed by atoms with Gasteiger partial charge in [0.2, 0.25) is 0 Å². The van der Waals surface area contributed by atoms with Gasteiger partial charge in [0, 0.05) is 33.6 Å². The van der Waals surface area contributed by atoms with Crippen LogP contribution < -0.4 is 5.32 Å². The minimum absolute atomic E-state index is 0.00923. The molecule has 0 bridgehead atoms. The lowest BCUT2D eigenvalue weighted by molar-refractivity contribution is 0.0948. The Labute approximate surface area is 205 Å². The molecule has 3 aromatic carbocycles. The third kappa shape index (κ3) is 5.57. The highest BCUT2D eigenvalue weighted by Crippen LogP contribution is 2.27. The first-order valence-corrected chi connectivity index (χ1v) is 12.2. The van der Waals surface area contributed by atoms with Crippen LogP contribution in [-0.2, 0) is 12.8 Å². The summed E-state index contributed by atoms with van der Waals surface area (Å²) >= 11 is 6.22. The van der Waals surface area contributed by atoms with Gasteiger partial charge in [0.1, 0.15) is 5.69 Å². The number of aromatic amines is 1. The number of carbonyl (C=O) groups excluding carboxylic acids is 2. The molecule has 0 aliphatic rings. The van der Waals surface area contributed by atoms with Gasteiger partial charge in [-0.25, -0.2) is 0 Å². The van der Waals surface area contributed by atoms with Crippen LogP contribution >= 0.6 is 11.6 Å². The molecule has 1 amide bonds. The van der Waals surface area contributed by atoms with Crippen molar-refractivity contribution in [1.82, 2.24) is 10.3 Å². The van der Waals surface area contributed by atoms with Crippen LogP contribution in [0.4, 0.5) is 0 Å². The van der Waals surface area contributed by atoms with E-state index in [1.807, 2.05) is 72.8 Å². The lowest BCUT2D eigenvalue weighted by atomic mass is 10.0. The Bertz CT molecular complexity index is 1280. The van der Waals surface area contributed by atoms with E-state index in [2.05, 4.69) is 17.2 Å². The number of ketones is 1. The number of carbonyl (C=O) groups is 2. The number of unbranched alkanes of at least 4 members (excludes halogenated alkanes) is 2. The van der Waals surface area contributed by atoms with Gasteiger partial charge < -0.3 is 10.3 Å². The van der Waals surface area contributed by atoms with Crippen LogP contribution in [0.15, 0.2) is 72.8 Å². The first-order chi connectivity index (χ1) is 16.6. The molecular formula is C29H29ClN2O2. The molecule has 0 aliphatic heterocycles. The van der Waals surface area contributed by atoms with Gasteiger partial charge in [-0.3, -0.25) is 9.59 Å². The quantitative estimate of drug-likeness (QED) is 0.198. The number of halogens is 1. The zero-order chi connectivity index (χ0) is 23.9. The lowest BCUT2D eigenvalue weighted by Crippen LogP contribution is -2.27. The third-order valence-electron chi connectivity index (χ3n) is 6.08. The number of H-pyrrole nitrogens is 1. The smallest absolute Gasteiger partial charge is 0.268 e. The predicted octanol–water partition coefficient (Wildman–Crippen LogP) is 6.76. The van der Waals surface area contributed by atoms with E-state index in [0.717, 1.165) is 47.7 Å². The van der Waals surface area contributed by atoms with E-state index in [-0.39, 0.29) is 11.7 Å². The number of aryl methyl sites for hydroxylation is 1. The van der Waals surface area contributed by atoms with Crippen molar-refractivity contribution in [2.24, 2.45) is 0 Å². The summed E-state index contributed by atoms with van der Waals surface area (Å²) in [5.41, 5.74) is 4.99. The Morgan fingerprint density at radius 3 is 2.35 bits per heavy atom. The normalized spacial score (nSPS) is 11.0. The van der Waals surface area contributed by atoms with Crippen molar-refractivity contribution in [3.8, 4) is 0 Å². The van der Waals surface area contributed by atoms with Gasteiger partial charge in [-0.2, -0.15) is 0 Å². The van der Waals surface area contributed by atoms with E-state index in [1.54, 1.807) is 0 Å². The average molecular weight is 473 g/mol. The molecule has 4 aromatic rings. The standard InChI is InChI=1S/C29H29ClN2O2/c1-2-3-5-10-24-25-19-23(30)15-16-26(25)32-27(24)29(34)31-18-17-20-11-13-22(14-12-20)28(33)21-8-6-4-7-9-21/h4,6-9,11-16,19,32H,2-3,5,10,17-18H2,1H3,(H,31,34). The summed E-state index contributed by atoms with van der Waals surface area (Å²) in [6, 6.07) is 22.5. The van der Waals surface area contributed by atoms with Crippen LogP contribution in [0.5, 0.6) is 0 Å². The third-order valence-corrected chi connectivity index (χ3v) is 6.31. The summed E-state index contributed by atoms with van der Waals surface area (Å²) in [6.45, 7) is 2.68. The molecule has 5 heteroatoms. The second-order valence-electron chi connectivity index (χ2n) is 8.52. The highest BCUT2D eigenvalue weighted by atomic mass is 35.5. The first kappa shape index (κ1) is 23.8. The molecule has 0 radical (unpaired) electrons. The number of hydrogen-bond acceptors (Lipinski definition) is 2. The molecule has 0 aliphatic carbocycles. The maximum absolute atomic E-state index is 13.0. The van der Waals surface area contributed by atoms with Crippen molar-refractivity contribution in [2.75, 3.05) is 6.54 Å². The predicted molar refractivity (Wildman–Crippen MR) is 139 cm³/mol. The van der Waals surface area contributed by atoms with Crippen LogP contribution in [0.3, 0.4) is 0 Å². The minimum atomic E-state index is -0.102. The van der Waals surface area contributed by atoms with E-state index in [9.17, 15) is 9.59 Å². The maximum Gasteiger partial charge on any atom is 0.268 e. The number of fused-ring (bicyclic) bond motifs is 1. The summed E-state index contributed by atoms with van der Waals surface area (Å²) in [7, 11) is 0. The molecule has 0 spiro atoms. The number of amides is 1. The minimum Gasteiger partial charge on any atom is -0.350 e. The second kappa shape index (κ2) is 11.2. The summed E-state index contributed by atoms with van der Waals surface area (Å²) < 4.78 is 0. The van der Waals surface area contributed by atoms with Crippen molar-refractivity contribution in [1.29, 1.82) is 0 Å². The Balaban J connectivity index is 1.40. The largest absolute Gasteiger partial charge is 0.350 e. The molecular weight excluding hydrogens is 444 g/mol. The summed E-state index contributed by atoms with van der Waals surface area (Å²) in [5, 5.41) is 4.74. The molecule has 1 aromatic heterocycles. The highest BCUT2D eigenvalue weighted by Gasteiger charge is 2.17. The molecule has 1 heterocycles. The fraction of sp³-hybridized carbons (Fsp3) is 0.241. The maximum atomic E-state index is 13.0. The molecule has 2 N–H and O–H groups in total. The van der Waals surface area contributed by atoms with Gasteiger partial charge in [0.15, 0.2) is 5.78 Å². The lowest BCUT2D eigenvalue weighted by Gasteiger charge is -2.08. The zero-order valence-electron chi connectivity index (χ0n) is 19.4. The topological polar surface area (TPSA) is 62.0 Å². The first-order valence-electron chi connectivity index (χ1n) is 11.8. The van der Waals surface area contributed by atoms with Gasteiger partial charge in [-0.1, -0.05) is 86.0 Å². The molecule has 4 nitrogen and oxygen atoms in total. The van der Waals surface area contributed by atoms with Gasteiger partial charge in [-0.15, -0.1) is 0 Å². The Kier molecular flexibility index (Phi) is 7.81. The molecule has 0 unspecified atom stereocenters. The number of hydrogen-bond donors (Lipinski definition) is 2. The van der Waals surface area contributed by atoms with Crippen LogP contribution in [0.25, 0.3) is 10.9 Å². The molecule has 0 saturated carbocycles. The average Bonchev–Trinajstić information content (AvgIpc) is 3.22. The SMILES string of the molecule is CCCCCc1c(C(=O)NCCc2ccc(C(=O)c3ccccc3)cc2)[nH]c2ccc(Cl)cc12. The van der Waals surface area contributed by atoms with Crippen LogP contribution in [0.2, 0.25) is 5.02 Å². The number of nitrogens with one attached hydrogen (secondary N) is 2. The van der Waals surface area contributed by atoms with Gasteiger partial charge in [-0.05, 0) is 48.6 Å².